The van der Waals surface area contributed by atoms with Crippen LogP contribution in [0.2, 0.25) is 0 Å². The molecule has 4 heteroatoms. The largest absolute Gasteiger partial charge is 0.493 e. The summed E-state index contributed by atoms with van der Waals surface area (Å²) in [6.45, 7) is 1.71. The Kier molecular flexibility index (Phi) is 4.83. The molecule has 4 nitrogen and oxygen atoms in total. The van der Waals surface area contributed by atoms with Gasteiger partial charge in [0.15, 0.2) is 11.5 Å². The minimum Gasteiger partial charge on any atom is -0.493 e. The molecule has 0 aliphatic heterocycles. The van der Waals surface area contributed by atoms with Crippen molar-refractivity contribution in [3.05, 3.63) is 59.7 Å². The predicted molar refractivity (Wildman–Crippen MR) is 80.4 cm³/mol. The molecular formula is C17H20O4. The maximum absolute atomic E-state index is 10.5. The molecule has 0 fully saturated rings. The summed E-state index contributed by atoms with van der Waals surface area (Å²) < 4.78 is 10.9. The van der Waals surface area contributed by atoms with Crippen LogP contribution < -0.4 is 9.47 Å². The van der Waals surface area contributed by atoms with Crippen molar-refractivity contribution in [3.8, 4) is 11.5 Å². The topological polar surface area (TPSA) is 58.9 Å². The van der Waals surface area contributed by atoms with Crippen LogP contribution in [0, 0.1) is 0 Å². The Hall–Kier alpha value is -2.04. The maximum atomic E-state index is 10.5. The predicted octanol–water partition coefficient (Wildman–Crippen LogP) is 2.47. The van der Waals surface area contributed by atoms with Gasteiger partial charge in [-0.3, -0.25) is 0 Å². The van der Waals surface area contributed by atoms with Crippen molar-refractivity contribution in [1.82, 2.24) is 0 Å². The normalized spacial score (nSPS) is 13.5. The fourth-order valence-electron chi connectivity index (χ4n) is 2.03. The van der Waals surface area contributed by atoms with Gasteiger partial charge in [0.25, 0.3) is 0 Å². The van der Waals surface area contributed by atoms with Crippen LogP contribution in [0.15, 0.2) is 48.5 Å². The zero-order chi connectivity index (χ0) is 15.3. The SMILES string of the molecule is COc1ccc(CO)cc1OCC(C)(O)c1ccccc1. The molecule has 0 bridgehead atoms. The van der Waals surface area contributed by atoms with Gasteiger partial charge in [-0.1, -0.05) is 36.4 Å². The van der Waals surface area contributed by atoms with E-state index in [4.69, 9.17) is 9.47 Å². The third-order valence-electron chi connectivity index (χ3n) is 3.32. The number of hydrogen-bond acceptors (Lipinski definition) is 4. The van der Waals surface area contributed by atoms with Gasteiger partial charge in [-0.25, -0.2) is 0 Å². The van der Waals surface area contributed by atoms with E-state index < -0.39 is 5.60 Å². The first-order valence-electron chi connectivity index (χ1n) is 6.75. The summed E-state index contributed by atoms with van der Waals surface area (Å²) in [6.07, 6.45) is 0. The molecule has 0 spiro atoms. The van der Waals surface area contributed by atoms with Gasteiger partial charge < -0.3 is 19.7 Å². The van der Waals surface area contributed by atoms with Gasteiger partial charge in [0.05, 0.1) is 13.7 Å². The number of aliphatic hydroxyl groups excluding tert-OH is 1. The molecule has 2 aromatic rings. The smallest absolute Gasteiger partial charge is 0.161 e. The highest BCUT2D eigenvalue weighted by molar-refractivity contribution is 5.43. The highest BCUT2D eigenvalue weighted by atomic mass is 16.5. The molecule has 0 aliphatic carbocycles. The monoisotopic (exact) mass is 288 g/mol. The molecular weight excluding hydrogens is 268 g/mol. The van der Waals surface area contributed by atoms with Gasteiger partial charge in [0, 0.05) is 0 Å². The lowest BCUT2D eigenvalue weighted by Crippen LogP contribution is -2.29. The summed E-state index contributed by atoms with van der Waals surface area (Å²) in [7, 11) is 1.55. The molecule has 0 radical (unpaired) electrons. The van der Waals surface area contributed by atoms with Crippen molar-refractivity contribution in [2.45, 2.75) is 19.1 Å². The quantitative estimate of drug-likeness (QED) is 0.857. The van der Waals surface area contributed by atoms with Gasteiger partial charge in [-0.2, -0.15) is 0 Å². The van der Waals surface area contributed by atoms with Crippen molar-refractivity contribution in [2.24, 2.45) is 0 Å². The summed E-state index contributed by atoms with van der Waals surface area (Å²) in [5.41, 5.74) is 0.397. The van der Waals surface area contributed by atoms with Crippen LogP contribution in [0.3, 0.4) is 0 Å². The third-order valence-corrected chi connectivity index (χ3v) is 3.32. The second-order valence-electron chi connectivity index (χ2n) is 5.07. The Morgan fingerprint density at radius 1 is 1.05 bits per heavy atom. The van der Waals surface area contributed by atoms with Crippen LogP contribution in [0.4, 0.5) is 0 Å². The number of hydrogen-bond donors (Lipinski definition) is 2. The highest BCUT2D eigenvalue weighted by Crippen LogP contribution is 2.30. The van der Waals surface area contributed by atoms with E-state index in [0.29, 0.717) is 11.5 Å². The summed E-state index contributed by atoms with van der Waals surface area (Å²) in [4.78, 5) is 0. The zero-order valence-electron chi connectivity index (χ0n) is 12.2. The molecule has 0 amide bonds. The van der Waals surface area contributed by atoms with Crippen LogP contribution in [0.25, 0.3) is 0 Å². The summed E-state index contributed by atoms with van der Waals surface area (Å²) in [5, 5.41) is 19.7. The summed E-state index contributed by atoms with van der Waals surface area (Å²) in [6, 6.07) is 14.6. The van der Waals surface area contributed by atoms with Crippen molar-refractivity contribution in [1.29, 1.82) is 0 Å². The number of methoxy groups -OCH3 is 1. The Bertz CT molecular complexity index is 579. The van der Waals surface area contributed by atoms with Gasteiger partial charge in [-0.15, -0.1) is 0 Å². The molecule has 0 saturated carbocycles. The lowest BCUT2D eigenvalue weighted by Gasteiger charge is -2.24. The summed E-state index contributed by atoms with van der Waals surface area (Å²) >= 11 is 0. The lowest BCUT2D eigenvalue weighted by molar-refractivity contribution is 0.00681. The average Bonchev–Trinajstić information content (AvgIpc) is 2.53. The number of rotatable bonds is 6. The Morgan fingerprint density at radius 3 is 2.38 bits per heavy atom. The second-order valence-corrected chi connectivity index (χ2v) is 5.07. The Balaban J connectivity index is 2.15. The molecule has 1 atom stereocenters. The van der Waals surface area contributed by atoms with Crippen LogP contribution in [0.1, 0.15) is 18.1 Å². The van der Waals surface area contributed by atoms with E-state index in [1.807, 2.05) is 30.3 Å². The van der Waals surface area contributed by atoms with Crippen LogP contribution in [-0.2, 0) is 12.2 Å². The number of ether oxygens (including phenoxy) is 2. The van der Waals surface area contributed by atoms with Crippen LogP contribution in [0.5, 0.6) is 11.5 Å². The first kappa shape index (κ1) is 15.4. The minimum atomic E-state index is -1.11. The van der Waals surface area contributed by atoms with E-state index in [2.05, 4.69) is 0 Å². The Morgan fingerprint density at radius 2 is 1.76 bits per heavy atom. The van der Waals surface area contributed by atoms with Crippen molar-refractivity contribution >= 4 is 0 Å². The first-order chi connectivity index (χ1) is 10.1. The fraction of sp³-hybridized carbons (Fsp3) is 0.294. The molecule has 1 unspecified atom stereocenters. The second kappa shape index (κ2) is 6.61. The van der Waals surface area contributed by atoms with Gasteiger partial charge in [0.1, 0.15) is 12.2 Å². The molecule has 0 aliphatic rings. The molecule has 21 heavy (non-hydrogen) atoms. The minimum absolute atomic E-state index is 0.0740. The van der Waals surface area contributed by atoms with Crippen LogP contribution >= 0.6 is 0 Å². The molecule has 0 saturated heterocycles. The van der Waals surface area contributed by atoms with Crippen molar-refractivity contribution in [3.63, 3.8) is 0 Å². The standard InChI is InChI=1S/C17H20O4/c1-17(19,14-6-4-3-5-7-14)12-21-16-10-13(11-18)8-9-15(16)20-2/h3-10,18-19H,11-12H2,1-2H3. The lowest BCUT2D eigenvalue weighted by atomic mass is 9.97. The fourth-order valence-corrected chi connectivity index (χ4v) is 2.03. The summed E-state index contributed by atoms with van der Waals surface area (Å²) in [5.74, 6) is 1.07. The van der Waals surface area contributed by atoms with Crippen molar-refractivity contribution < 1.29 is 19.7 Å². The van der Waals surface area contributed by atoms with Gasteiger partial charge in [0.2, 0.25) is 0 Å². The van der Waals surface area contributed by atoms with E-state index in [9.17, 15) is 10.2 Å². The molecule has 0 aromatic heterocycles. The molecule has 0 heterocycles. The molecule has 2 aromatic carbocycles. The van der Waals surface area contributed by atoms with Gasteiger partial charge in [-0.05, 0) is 30.2 Å². The van der Waals surface area contributed by atoms with E-state index in [1.54, 1.807) is 32.2 Å². The van der Waals surface area contributed by atoms with E-state index in [0.717, 1.165) is 11.1 Å². The van der Waals surface area contributed by atoms with E-state index >= 15 is 0 Å². The first-order valence-corrected chi connectivity index (χ1v) is 6.75. The molecule has 112 valence electrons. The maximum Gasteiger partial charge on any atom is 0.161 e. The highest BCUT2D eigenvalue weighted by Gasteiger charge is 2.24. The number of aliphatic hydroxyl groups is 2. The van der Waals surface area contributed by atoms with Crippen LogP contribution in [-0.4, -0.2) is 23.9 Å². The van der Waals surface area contributed by atoms with Crippen molar-refractivity contribution in [2.75, 3.05) is 13.7 Å². The number of benzene rings is 2. The van der Waals surface area contributed by atoms with E-state index in [-0.39, 0.29) is 13.2 Å². The molecule has 2 N–H and O–H groups in total. The Labute approximate surface area is 124 Å². The molecule has 2 rings (SSSR count). The van der Waals surface area contributed by atoms with Gasteiger partial charge >= 0.3 is 0 Å². The zero-order valence-corrected chi connectivity index (χ0v) is 12.2. The average molecular weight is 288 g/mol. The third kappa shape index (κ3) is 3.74. The van der Waals surface area contributed by atoms with E-state index in [1.165, 1.54) is 0 Å².